The summed E-state index contributed by atoms with van der Waals surface area (Å²) in [6.07, 6.45) is 0. The van der Waals surface area contributed by atoms with Gasteiger partial charge in [-0.3, -0.25) is 19.7 Å². The highest BCUT2D eigenvalue weighted by Gasteiger charge is 2.22. The molecule has 0 radical (unpaired) electrons. The summed E-state index contributed by atoms with van der Waals surface area (Å²) in [6, 6.07) is 5.67. The van der Waals surface area contributed by atoms with Gasteiger partial charge in [-0.05, 0) is 6.07 Å². The fraction of sp³-hybridized carbons (Fsp3) is 0.273. The van der Waals surface area contributed by atoms with E-state index in [-0.39, 0.29) is 24.0 Å². The fourth-order valence-corrected chi connectivity index (χ4v) is 2.52. The molecule has 2 rings (SSSR count). The van der Waals surface area contributed by atoms with Crippen molar-refractivity contribution in [1.29, 1.82) is 0 Å². The number of nitro benzene ring substituents is 1. The van der Waals surface area contributed by atoms with Crippen LogP contribution >= 0.6 is 11.8 Å². The maximum absolute atomic E-state index is 11.7. The lowest BCUT2D eigenvalue weighted by atomic mass is 10.3. The Morgan fingerprint density at radius 1 is 1.53 bits per heavy atom. The van der Waals surface area contributed by atoms with Crippen molar-refractivity contribution in [3.63, 3.8) is 0 Å². The van der Waals surface area contributed by atoms with Crippen molar-refractivity contribution < 1.29 is 14.5 Å². The smallest absolute Gasteiger partial charge is 0.271 e. The SMILES string of the molecule is O=C(CN1CSCC1=O)Nc1cccc([N+](=O)[O-])c1. The molecule has 1 aromatic rings. The van der Waals surface area contributed by atoms with Crippen LogP contribution in [0.25, 0.3) is 0 Å². The Balaban J connectivity index is 1.97. The number of carbonyl (C=O) groups is 2. The van der Waals surface area contributed by atoms with Crippen molar-refractivity contribution in [2.45, 2.75) is 0 Å². The van der Waals surface area contributed by atoms with Crippen LogP contribution in [0.1, 0.15) is 0 Å². The summed E-state index contributed by atoms with van der Waals surface area (Å²) in [7, 11) is 0. The van der Waals surface area contributed by atoms with Crippen LogP contribution in [0.5, 0.6) is 0 Å². The minimum Gasteiger partial charge on any atom is -0.324 e. The number of anilines is 1. The lowest BCUT2D eigenvalue weighted by Crippen LogP contribution is -2.34. The number of hydrogen-bond donors (Lipinski definition) is 1. The second-order valence-corrected chi connectivity index (χ2v) is 4.88. The van der Waals surface area contributed by atoms with Crippen LogP contribution in [0.2, 0.25) is 0 Å². The largest absolute Gasteiger partial charge is 0.324 e. The van der Waals surface area contributed by atoms with E-state index in [1.807, 2.05) is 0 Å². The molecule has 0 bridgehead atoms. The van der Waals surface area contributed by atoms with E-state index in [0.29, 0.717) is 17.3 Å². The van der Waals surface area contributed by atoms with Crippen molar-refractivity contribution in [1.82, 2.24) is 4.90 Å². The van der Waals surface area contributed by atoms with Crippen molar-refractivity contribution in [2.75, 3.05) is 23.5 Å². The minimum absolute atomic E-state index is 0.0332. The molecule has 1 saturated heterocycles. The highest BCUT2D eigenvalue weighted by atomic mass is 32.2. The fourth-order valence-electron chi connectivity index (χ4n) is 1.61. The first-order valence-electron chi connectivity index (χ1n) is 5.46. The number of hydrogen-bond acceptors (Lipinski definition) is 5. The Morgan fingerprint density at radius 2 is 2.32 bits per heavy atom. The third-order valence-electron chi connectivity index (χ3n) is 2.50. The Bertz CT molecular complexity index is 534. The first-order valence-corrected chi connectivity index (χ1v) is 6.61. The quantitative estimate of drug-likeness (QED) is 0.658. The second-order valence-electron chi connectivity index (χ2n) is 3.92. The molecule has 19 heavy (non-hydrogen) atoms. The van der Waals surface area contributed by atoms with E-state index in [0.717, 1.165) is 0 Å². The van der Waals surface area contributed by atoms with E-state index < -0.39 is 4.92 Å². The summed E-state index contributed by atoms with van der Waals surface area (Å²) >= 11 is 1.45. The average Bonchev–Trinajstić information content (AvgIpc) is 2.75. The molecular formula is C11H11N3O4S. The lowest BCUT2D eigenvalue weighted by Gasteiger charge is -2.14. The molecule has 1 heterocycles. The van der Waals surface area contributed by atoms with Crippen LogP contribution in [-0.4, -0.2) is 39.8 Å². The first-order chi connectivity index (χ1) is 9.06. The predicted molar refractivity (Wildman–Crippen MR) is 70.8 cm³/mol. The van der Waals surface area contributed by atoms with Crippen LogP contribution < -0.4 is 5.32 Å². The normalized spacial score (nSPS) is 14.5. The number of non-ortho nitro benzene ring substituents is 1. The van der Waals surface area contributed by atoms with Gasteiger partial charge in [-0.25, -0.2) is 0 Å². The van der Waals surface area contributed by atoms with Crippen molar-refractivity contribution >= 4 is 35.0 Å². The summed E-state index contributed by atoms with van der Waals surface area (Å²) < 4.78 is 0. The van der Waals surface area contributed by atoms with Gasteiger partial charge in [0.05, 0.1) is 16.6 Å². The summed E-state index contributed by atoms with van der Waals surface area (Å²) in [6.45, 7) is -0.0332. The highest BCUT2D eigenvalue weighted by molar-refractivity contribution is 8.00. The molecule has 0 unspecified atom stereocenters. The Labute approximate surface area is 113 Å². The molecule has 0 atom stereocenters. The molecule has 0 aliphatic carbocycles. The van der Waals surface area contributed by atoms with E-state index in [1.165, 1.54) is 34.9 Å². The maximum Gasteiger partial charge on any atom is 0.271 e. The van der Waals surface area contributed by atoms with E-state index in [2.05, 4.69) is 5.32 Å². The van der Waals surface area contributed by atoms with E-state index in [9.17, 15) is 19.7 Å². The van der Waals surface area contributed by atoms with Gasteiger partial charge in [-0.2, -0.15) is 0 Å². The molecular weight excluding hydrogens is 270 g/mol. The number of amides is 2. The van der Waals surface area contributed by atoms with Crippen LogP contribution in [-0.2, 0) is 9.59 Å². The van der Waals surface area contributed by atoms with Crippen LogP contribution in [0.3, 0.4) is 0 Å². The highest BCUT2D eigenvalue weighted by Crippen LogP contribution is 2.18. The first kappa shape index (κ1) is 13.3. The number of nitrogens with one attached hydrogen (secondary N) is 1. The van der Waals surface area contributed by atoms with E-state index in [4.69, 9.17) is 0 Å². The Hall–Kier alpha value is -2.09. The van der Waals surface area contributed by atoms with Crippen molar-refractivity contribution in [3.8, 4) is 0 Å². The zero-order chi connectivity index (χ0) is 13.8. The van der Waals surface area contributed by atoms with Gasteiger partial charge in [0.25, 0.3) is 5.69 Å². The van der Waals surface area contributed by atoms with E-state index >= 15 is 0 Å². The molecule has 0 saturated carbocycles. The summed E-state index contributed by atoms with van der Waals surface area (Å²) in [5.74, 6) is 0.459. The maximum atomic E-state index is 11.7. The number of benzene rings is 1. The van der Waals surface area contributed by atoms with Gasteiger partial charge in [-0.15, -0.1) is 11.8 Å². The van der Waals surface area contributed by atoms with Gasteiger partial charge < -0.3 is 10.2 Å². The van der Waals surface area contributed by atoms with E-state index in [1.54, 1.807) is 6.07 Å². The molecule has 100 valence electrons. The monoisotopic (exact) mass is 281 g/mol. The molecule has 8 heteroatoms. The lowest BCUT2D eigenvalue weighted by molar-refractivity contribution is -0.384. The third kappa shape index (κ3) is 3.44. The molecule has 1 aliphatic rings. The molecule has 1 aromatic carbocycles. The second kappa shape index (κ2) is 5.70. The van der Waals surface area contributed by atoms with Crippen molar-refractivity contribution in [2.24, 2.45) is 0 Å². The van der Waals surface area contributed by atoms with Crippen LogP contribution in [0.15, 0.2) is 24.3 Å². The topological polar surface area (TPSA) is 92.6 Å². The van der Waals surface area contributed by atoms with Gasteiger partial charge in [0.1, 0.15) is 6.54 Å². The van der Waals surface area contributed by atoms with Gasteiger partial charge >= 0.3 is 0 Å². The molecule has 2 amide bonds. The standard InChI is InChI=1S/C11H11N3O4S/c15-10(5-13-7-19-6-11(13)16)12-8-2-1-3-9(4-8)14(17)18/h1-4H,5-7H2,(H,12,15). The summed E-state index contributed by atoms with van der Waals surface area (Å²) in [5.41, 5.74) is 0.254. The summed E-state index contributed by atoms with van der Waals surface area (Å²) in [5, 5.41) is 13.1. The number of thioether (sulfide) groups is 1. The van der Waals surface area contributed by atoms with Gasteiger partial charge in [0, 0.05) is 17.8 Å². The average molecular weight is 281 g/mol. The molecule has 0 spiro atoms. The van der Waals surface area contributed by atoms with Gasteiger partial charge in [0.2, 0.25) is 11.8 Å². The van der Waals surface area contributed by atoms with Crippen molar-refractivity contribution in [3.05, 3.63) is 34.4 Å². The predicted octanol–water partition coefficient (Wildman–Crippen LogP) is 1.07. The summed E-state index contributed by atoms with van der Waals surface area (Å²) in [4.78, 5) is 34.6. The molecule has 1 N–H and O–H groups in total. The minimum atomic E-state index is -0.531. The third-order valence-corrected chi connectivity index (χ3v) is 3.45. The molecule has 1 aliphatic heterocycles. The zero-order valence-corrected chi connectivity index (χ0v) is 10.7. The molecule has 7 nitrogen and oxygen atoms in total. The molecule has 1 fully saturated rings. The number of nitro groups is 1. The Kier molecular flexibility index (Phi) is 4.00. The van der Waals surface area contributed by atoms with Gasteiger partial charge in [0.15, 0.2) is 0 Å². The van der Waals surface area contributed by atoms with Crippen LogP contribution in [0.4, 0.5) is 11.4 Å². The number of carbonyl (C=O) groups excluding carboxylic acids is 2. The van der Waals surface area contributed by atoms with Gasteiger partial charge in [-0.1, -0.05) is 6.07 Å². The number of nitrogens with zero attached hydrogens (tertiary/aromatic N) is 2. The molecule has 0 aromatic heterocycles. The number of rotatable bonds is 4. The van der Waals surface area contributed by atoms with Crippen LogP contribution in [0, 0.1) is 10.1 Å². The zero-order valence-electron chi connectivity index (χ0n) is 9.87. The Morgan fingerprint density at radius 3 is 2.95 bits per heavy atom.